The zero-order valence-corrected chi connectivity index (χ0v) is 15.5. The molecular weight excluding hydrogens is 330 g/mol. The Balaban J connectivity index is 1.57. The van der Waals surface area contributed by atoms with Gasteiger partial charge < -0.3 is 4.74 Å². The van der Waals surface area contributed by atoms with E-state index in [1.165, 1.54) is 10.5 Å². The fourth-order valence-electron chi connectivity index (χ4n) is 3.83. The van der Waals surface area contributed by atoms with E-state index < -0.39 is 5.97 Å². The van der Waals surface area contributed by atoms with Crippen molar-refractivity contribution in [2.24, 2.45) is 11.8 Å². The largest absolute Gasteiger partial charge is 0.426 e. The molecule has 3 rings (SSSR count). The lowest BCUT2D eigenvalue weighted by atomic mass is 9.85. The second-order valence-corrected chi connectivity index (χ2v) is 7.38. The second-order valence-electron chi connectivity index (χ2n) is 7.38. The number of allylic oxidation sites excluding steroid dienone is 2. The Hall–Kier alpha value is -2.43. The van der Waals surface area contributed by atoms with Crippen LogP contribution in [0.2, 0.25) is 0 Å². The Morgan fingerprint density at radius 2 is 1.77 bits per heavy atom. The molecule has 1 fully saturated rings. The molecule has 138 valence electrons. The van der Waals surface area contributed by atoms with E-state index in [2.05, 4.69) is 13.8 Å². The van der Waals surface area contributed by atoms with Gasteiger partial charge in [-0.1, -0.05) is 32.1 Å². The van der Waals surface area contributed by atoms with E-state index in [-0.39, 0.29) is 36.6 Å². The Morgan fingerprint density at radius 1 is 1.15 bits per heavy atom. The number of ether oxygens (including phenoxy) is 1. The van der Waals surface area contributed by atoms with E-state index in [9.17, 15) is 14.4 Å². The summed E-state index contributed by atoms with van der Waals surface area (Å²) in [5.74, 6) is -0.359. The Bertz CT molecular complexity index is 739. The first kappa shape index (κ1) is 18.4. The van der Waals surface area contributed by atoms with Crippen molar-refractivity contribution < 1.29 is 19.1 Å². The van der Waals surface area contributed by atoms with Crippen molar-refractivity contribution in [3.05, 3.63) is 41.5 Å². The minimum absolute atomic E-state index is 0.00925. The van der Waals surface area contributed by atoms with E-state index in [1.54, 1.807) is 6.07 Å². The minimum atomic E-state index is -0.435. The molecule has 1 aromatic carbocycles. The predicted molar refractivity (Wildman–Crippen MR) is 97.6 cm³/mol. The van der Waals surface area contributed by atoms with Gasteiger partial charge in [-0.25, -0.2) is 0 Å². The maximum Gasteiger partial charge on any atom is 0.312 e. The smallest absolute Gasteiger partial charge is 0.312 e. The maximum absolute atomic E-state index is 12.4. The fourth-order valence-corrected chi connectivity index (χ4v) is 3.83. The molecule has 0 N–H and O–H groups in total. The van der Waals surface area contributed by atoms with Gasteiger partial charge in [-0.3, -0.25) is 19.3 Å². The Labute approximate surface area is 154 Å². The molecule has 0 bridgehead atoms. The number of carbonyl (C=O) groups is 3. The molecule has 2 amide bonds. The van der Waals surface area contributed by atoms with Gasteiger partial charge in [0.15, 0.2) is 0 Å². The molecule has 0 radical (unpaired) electrons. The molecule has 1 aliphatic heterocycles. The summed E-state index contributed by atoms with van der Waals surface area (Å²) in [7, 11) is 0. The molecule has 0 spiro atoms. The van der Waals surface area contributed by atoms with E-state index in [4.69, 9.17) is 4.74 Å². The summed E-state index contributed by atoms with van der Waals surface area (Å²) in [6.07, 6.45) is 5.13. The highest BCUT2D eigenvalue weighted by atomic mass is 16.5. The molecule has 5 nitrogen and oxygen atoms in total. The molecule has 1 heterocycles. The van der Waals surface area contributed by atoms with Crippen LogP contribution in [0, 0.1) is 18.8 Å². The van der Waals surface area contributed by atoms with Crippen LogP contribution in [0.4, 0.5) is 0 Å². The number of nitrogens with zero attached hydrogens (tertiary/aromatic N) is 1. The lowest BCUT2D eigenvalue weighted by Crippen LogP contribution is -2.33. The van der Waals surface area contributed by atoms with Crippen molar-refractivity contribution in [3.8, 4) is 5.75 Å². The summed E-state index contributed by atoms with van der Waals surface area (Å²) < 4.78 is 5.38. The Morgan fingerprint density at radius 3 is 2.31 bits per heavy atom. The number of aryl methyl sites for hydroxylation is 1. The normalized spacial score (nSPS) is 22.1. The number of fused-ring (bicyclic) bond motifs is 1. The van der Waals surface area contributed by atoms with E-state index in [0.29, 0.717) is 24.5 Å². The number of carbonyl (C=O) groups excluding carboxylic acids is 3. The highest BCUT2D eigenvalue weighted by Crippen LogP contribution is 2.35. The van der Waals surface area contributed by atoms with Gasteiger partial charge in [0.2, 0.25) is 11.8 Å². The number of amides is 2. The molecule has 0 unspecified atom stereocenters. The number of hydrogen-bond donors (Lipinski definition) is 0. The third-order valence-electron chi connectivity index (χ3n) is 5.23. The van der Waals surface area contributed by atoms with Crippen molar-refractivity contribution >= 4 is 17.8 Å². The summed E-state index contributed by atoms with van der Waals surface area (Å²) in [4.78, 5) is 38.1. The van der Waals surface area contributed by atoms with Crippen LogP contribution in [-0.4, -0.2) is 29.2 Å². The molecule has 0 saturated carbocycles. The Kier molecular flexibility index (Phi) is 5.25. The van der Waals surface area contributed by atoms with Crippen molar-refractivity contribution in [2.75, 3.05) is 6.54 Å². The number of imide groups is 1. The van der Waals surface area contributed by atoms with Gasteiger partial charge in [0.1, 0.15) is 5.75 Å². The van der Waals surface area contributed by atoms with E-state index in [0.717, 1.165) is 5.56 Å². The van der Waals surface area contributed by atoms with Crippen molar-refractivity contribution in [1.29, 1.82) is 0 Å². The second kappa shape index (κ2) is 7.44. The average molecular weight is 355 g/mol. The van der Waals surface area contributed by atoms with E-state index in [1.807, 2.05) is 31.2 Å². The van der Waals surface area contributed by atoms with Crippen LogP contribution in [0.15, 0.2) is 30.4 Å². The van der Waals surface area contributed by atoms with Crippen LogP contribution in [0.1, 0.15) is 50.2 Å². The number of hydrogen-bond acceptors (Lipinski definition) is 4. The number of rotatable bonds is 5. The molecule has 26 heavy (non-hydrogen) atoms. The summed E-state index contributed by atoms with van der Waals surface area (Å²) >= 11 is 0. The van der Waals surface area contributed by atoms with Crippen LogP contribution in [0.5, 0.6) is 5.75 Å². The lowest BCUT2D eigenvalue weighted by molar-refractivity contribution is -0.141. The molecule has 5 heteroatoms. The minimum Gasteiger partial charge on any atom is -0.426 e. The summed E-state index contributed by atoms with van der Waals surface area (Å²) in [5.41, 5.74) is 2.29. The van der Waals surface area contributed by atoms with Gasteiger partial charge in [0.25, 0.3) is 0 Å². The van der Waals surface area contributed by atoms with Gasteiger partial charge in [-0.2, -0.15) is 0 Å². The third kappa shape index (κ3) is 3.57. The number of esters is 1. The quantitative estimate of drug-likeness (QED) is 0.352. The first-order chi connectivity index (χ1) is 12.4. The van der Waals surface area contributed by atoms with Crippen molar-refractivity contribution in [3.63, 3.8) is 0 Å². The molecule has 1 aliphatic carbocycles. The number of benzene rings is 1. The molecule has 2 aliphatic rings. The lowest BCUT2D eigenvalue weighted by Gasteiger charge is -2.15. The van der Waals surface area contributed by atoms with Gasteiger partial charge in [-0.15, -0.1) is 0 Å². The van der Waals surface area contributed by atoms with Gasteiger partial charge in [0, 0.05) is 6.54 Å². The molecule has 2 atom stereocenters. The number of likely N-dealkylation sites (tertiary alicyclic amines) is 1. The van der Waals surface area contributed by atoms with Crippen LogP contribution in [-0.2, 0) is 14.4 Å². The molecule has 1 saturated heterocycles. The zero-order valence-electron chi connectivity index (χ0n) is 15.5. The van der Waals surface area contributed by atoms with Gasteiger partial charge in [-0.05, 0) is 48.9 Å². The topological polar surface area (TPSA) is 63.7 Å². The molecule has 0 aromatic heterocycles. The maximum atomic E-state index is 12.4. The first-order valence-corrected chi connectivity index (χ1v) is 9.20. The van der Waals surface area contributed by atoms with Crippen molar-refractivity contribution in [2.45, 2.75) is 46.0 Å². The van der Waals surface area contributed by atoms with Gasteiger partial charge in [0.05, 0.1) is 18.3 Å². The van der Waals surface area contributed by atoms with Crippen molar-refractivity contribution in [1.82, 2.24) is 4.90 Å². The van der Waals surface area contributed by atoms with Crippen LogP contribution in [0.3, 0.4) is 0 Å². The average Bonchev–Trinajstić information content (AvgIpc) is 2.84. The third-order valence-corrected chi connectivity index (χ3v) is 5.23. The fraction of sp³-hybridized carbons (Fsp3) is 0.476. The highest BCUT2D eigenvalue weighted by molar-refractivity contribution is 6.05. The van der Waals surface area contributed by atoms with Crippen LogP contribution < -0.4 is 4.74 Å². The van der Waals surface area contributed by atoms with E-state index >= 15 is 0 Å². The van der Waals surface area contributed by atoms with Crippen LogP contribution in [0.25, 0.3) is 0 Å². The first-order valence-electron chi connectivity index (χ1n) is 9.20. The monoisotopic (exact) mass is 355 g/mol. The summed E-state index contributed by atoms with van der Waals surface area (Å²) in [6.45, 7) is 6.31. The van der Waals surface area contributed by atoms with Gasteiger partial charge >= 0.3 is 5.97 Å². The summed E-state index contributed by atoms with van der Waals surface area (Å²) in [6, 6.07) is 5.60. The molecule has 1 aromatic rings. The zero-order chi connectivity index (χ0) is 18.8. The summed E-state index contributed by atoms with van der Waals surface area (Å²) in [5, 5.41) is 0. The predicted octanol–water partition coefficient (Wildman–Crippen LogP) is 3.37. The highest BCUT2D eigenvalue weighted by Gasteiger charge is 2.46. The SMILES string of the molecule is Cc1cc(OC(=O)CCN2C(=O)[C@H]3CC=CC[C@@H]3C2=O)ccc1C(C)C. The standard InChI is InChI=1S/C21H25NO4/c1-13(2)16-9-8-15(12-14(16)3)26-19(23)10-11-22-20(24)17-6-4-5-7-18(17)21(22)25/h4-5,8-9,12-13,17-18H,6-7,10-11H2,1-3H3/t17-,18-/m0/s1. The van der Waals surface area contributed by atoms with Crippen LogP contribution >= 0.6 is 0 Å². The molecular formula is C21H25NO4.